The smallest absolute Gasteiger partial charge is 1.00 e. The second-order valence-corrected chi connectivity index (χ2v) is 9.26. The van der Waals surface area contributed by atoms with Crippen LogP contribution in [0.5, 0.6) is 0 Å². The molecule has 0 saturated heterocycles. The van der Waals surface area contributed by atoms with E-state index in [0.29, 0.717) is 0 Å². The molecule has 8 heteroatoms. The van der Waals surface area contributed by atoms with E-state index in [1.807, 2.05) is 36.4 Å². The molecule has 0 aromatic heterocycles. The van der Waals surface area contributed by atoms with E-state index in [-0.39, 0.29) is 99.7 Å². The van der Waals surface area contributed by atoms with Gasteiger partial charge >= 0.3 is 65.4 Å². The van der Waals surface area contributed by atoms with Crippen LogP contribution in [0, 0.1) is 54.9 Å². The number of hydrogen-bond donors (Lipinski definition) is 0. The normalized spacial score (nSPS) is 14.6. The van der Waals surface area contributed by atoms with Crippen molar-refractivity contribution < 1.29 is 75.5 Å². The molecule has 0 N–H and O–H groups in total. The van der Waals surface area contributed by atoms with Crippen LogP contribution in [0.1, 0.15) is 117 Å². The van der Waals surface area contributed by atoms with Gasteiger partial charge in [0.05, 0.1) is 0 Å². The van der Waals surface area contributed by atoms with Gasteiger partial charge in [0.25, 0.3) is 0 Å². The summed E-state index contributed by atoms with van der Waals surface area (Å²) in [4.78, 5) is 0. The van der Waals surface area contributed by atoms with Crippen LogP contribution in [0.25, 0.3) is 0 Å². The fourth-order valence-corrected chi connectivity index (χ4v) is 4.53. The zero-order valence-corrected chi connectivity index (χ0v) is 31.1. The van der Waals surface area contributed by atoms with Crippen molar-refractivity contribution in [3.8, 4) is 0 Å². The molecule has 240 valence electrons. The molecule has 0 nitrogen and oxygen atoms in total. The first-order valence-electron chi connectivity index (χ1n) is 12.9. The summed E-state index contributed by atoms with van der Waals surface area (Å²) in [6.45, 7) is 6.96. The van der Waals surface area contributed by atoms with Crippen molar-refractivity contribution in [1.82, 2.24) is 0 Å². The minimum atomic E-state index is -3.67. The number of benzene rings is 1. The Balaban J connectivity index is -0.0000000336. The molecule has 40 heavy (non-hydrogen) atoms. The SMILES string of the molecule is CC1CCCCC1.CCC1CCCC1.CCC1CCCC1.FB(F)F.[CH3-].[CH3-].[CH3-].[CH3-].[CH3-].[F-].[Li+].[Ru+2].[Ru+2].c1ccccc1. The van der Waals surface area contributed by atoms with Gasteiger partial charge in [-0.25, -0.2) is 0 Å². The summed E-state index contributed by atoms with van der Waals surface area (Å²) >= 11 is 0. The van der Waals surface area contributed by atoms with Crippen LogP contribution in [-0.4, -0.2) is 7.54 Å². The molecule has 0 radical (unpaired) electrons. The van der Waals surface area contributed by atoms with E-state index in [1.54, 1.807) is 0 Å². The van der Waals surface area contributed by atoms with E-state index in [9.17, 15) is 12.9 Å². The molecule has 1 aromatic rings. The molecular formula is C32H63BF4LiRu2-. The van der Waals surface area contributed by atoms with Crippen molar-refractivity contribution in [3.05, 3.63) is 73.5 Å². The summed E-state index contributed by atoms with van der Waals surface area (Å²) in [5, 5.41) is 0. The molecule has 0 amide bonds. The second kappa shape index (κ2) is 52.5. The molecule has 3 fully saturated rings. The van der Waals surface area contributed by atoms with Crippen LogP contribution >= 0.6 is 0 Å². The third-order valence-electron chi connectivity index (χ3n) is 6.66. The average molecular weight is 744 g/mol. The van der Waals surface area contributed by atoms with Gasteiger partial charge in [0.2, 0.25) is 0 Å². The van der Waals surface area contributed by atoms with Crippen LogP contribution in [0.2, 0.25) is 0 Å². The Morgan fingerprint density at radius 2 is 0.725 bits per heavy atom. The van der Waals surface area contributed by atoms with Gasteiger partial charge in [-0.1, -0.05) is 153 Å². The Hall–Kier alpha value is 0.849. The molecule has 0 spiro atoms. The number of halogens is 4. The van der Waals surface area contributed by atoms with Gasteiger partial charge in [-0.05, 0) is 17.8 Å². The number of rotatable bonds is 2. The van der Waals surface area contributed by atoms with Crippen molar-refractivity contribution >= 4 is 7.54 Å². The largest absolute Gasteiger partial charge is 2.00 e. The first-order chi connectivity index (χ1) is 15.0. The van der Waals surface area contributed by atoms with E-state index in [4.69, 9.17) is 0 Å². The number of hydrogen-bond acceptors (Lipinski definition) is 0. The minimum Gasteiger partial charge on any atom is -1.00 e. The molecular weight excluding hydrogens is 680 g/mol. The Labute approximate surface area is 289 Å². The van der Waals surface area contributed by atoms with E-state index >= 15 is 0 Å². The first kappa shape index (κ1) is 68.2. The van der Waals surface area contributed by atoms with Gasteiger partial charge in [-0.2, -0.15) is 0 Å². The zero-order chi connectivity index (χ0) is 23.2. The Morgan fingerprint density at radius 3 is 0.850 bits per heavy atom. The van der Waals surface area contributed by atoms with E-state index in [2.05, 4.69) is 20.8 Å². The van der Waals surface area contributed by atoms with Crippen LogP contribution in [0.15, 0.2) is 36.4 Å². The zero-order valence-electron chi connectivity index (χ0n) is 27.6. The van der Waals surface area contributed by atoms with Crippen LogP contribution in [-0.2, 0) is 39.0 Å². The van der Waals surface area contributed by atoms with E-state index < -0.39 is 7.54 Å². The molecule has 1 aromatic carbocycles. The first-order valence-corrected chi connectivity index (χ1v) is 12.9. The van der Waals surface area contributed by atoms with Crippen LogP contribution in [0.3, 0.4) is 0 Å². The molecule has 3 aliphatic rings. The minimum absolute atomic E-state index is 0. The molecule has 3 saturated carbocycles. The summed E-state index contributed by atoms with van der Waals surface area (Å²) < 4.78 is 29.0. The third kappa shape index (κ3) is 51.6. The fourth-order valence-electron chi connectivity index (χ4n) is 4.53. The molecule has 4 rings (SSSR count). The van der Waals surface area contributed by atoms with E-state index in [1.165, 1.54) is 96.3 Å². The summed E-state index contributed by atoms with van der Waals surface area (Å²) in [6.07, 6.45) is 22.3. The fraction of sp³-hybridized carbons (Fsp3) is 0.656. The van der Waals surface area contributed by atoms with Gasteiger partial charge in [-0.15, -0.1) is 0 Å². The molecule has 0 unspecified atom stereocenters. The maximum Gasteiger partial charge on any atom is 2.00 e. The van der Waals surface area contributed by atoms with Gasteiger partial charge in [0, 0.05) is 0 Å². The Kier molecular flexibility index (Phi) is 89.4. The van der Waals surface area contributed by atoms with Crippen molar-refractivity contribution in [2.75, 3.05) is 0 Å². The monoisotopic (exact) mass is 745 g/mol. The van der Waals surface area contributed by atoms with Crippen molar-refractivity contribution in [1.29, 1.82) is 0 Å². The summed E-state index contributed by atoms with van der Waals surface area (Å²) in [6, 6.07) is 12.0. The van der Waals surface area contributed by atoms with Gasteiger partial charge < -0.3 is 41.8 Å². The van der Waals surface area contributed by atoms with Gasteiger partial charge in [-0.3, -0.25) is 12.9 Å². The average Bonchev–Trinajstić information content (AvgIpc) is 3.50. The summed E-state index contributed by atoms with van der Waals surface area (Å²) in [5.74, 6) is 3.23. The third-order valence-corrected chi connectivity index (χ3v) is 6.66. The van der Waals surface area contributed by atoms with Crippen LogP contribution < -0.4 is 23.6 Å². The predicted molar refractivity (Wildman–Crippen MR) is 164 cm³/mol. The molecule has 0 bridgehead atoms. The topological polar surface area (TPSA) is 0 Å². The van der Waals surface area contributed by atoms with Crippen LogP contribution in [0.4, 0.5) is 12.9 Å². The molecule has 0 atom stereocenters. The maximum atomic E-state index is 9.67. The summed E-state index contributed by atoms with van der Waals surface area (Å²) in [5.41, 5.74) is 0. The van der Waals surface area contributed by atoms with Crippen molar-refractivity contribution in [2.45, 2.75) is 117 Å². The van der Waals surface area contributed by atoms with Gasteiger partial charge in [0.1, 0.15) is 0 Å². The quantitative estimate of drug-likeness (QED) is 0.183. The van der Waals surface area contributed by atoms with Crippen molar-refractivity contribution in [2.24, 2.45) is 17.8 Å². The Morgan fingerprint density at radius 1 is 0.525 bits per heavy atom. The second-order valence-electron chi connectivity index (χ2n) is 9.26. The van der Waals surface area contributed by atoms with Crippen molar-refractivity contribution in [3.63, 3.8) is 0 Å². The molecule has 0 heterocycles. The predicted octanol–water partition coefficient (Wildman–Crippen LogP) is 6.58. The van der Waals surface area contributed by atoms with E-state index in [0.717, 1.165) is 17.8 Å². The molecule has 0 aliphatic heterocycles. The standard InChI is InChI=1S/3C7H14.C6H6.5CH3.BF3.FH.Li.2Ru/c1-7-5-3-2-4-6-7;2*1-2-7-5-3-4-6-7;1-2-4-6-5-3-1;;;;;;2-1(3)4;;;;/h3*7H,2-6H2,1H3;1-6H;5*1H3;;1H;;;/q;;;;5*-1;;;+1;2*+2/p-1. The summed E-state index contributed by atoms with van der Waals surface area (Å²) in [7, 11) is -3.67. The maximum absolute atomic E-state index is 9.67. The van der Waals surface area contributed by atoms with Gasteiger partial charge in [0.15, 0.2) is 0 Å². The Bertz CT molecular complexity index is 414. The molecule has 3 aliphatic carbocycles.